The van der Waals surface area contributed by atoms with Gasteiger partial charge in [0.2, 0.25) is 0 Å². The van der Waals surface area contributed by atoms with Gasteiger partial charge in [-0.15, -0.1) is 0 Å². The van der Waals surface area contributed by atoms with E-state index in [0.29, 0.717) is 6.42 Å². The highest BCUT2D eigenvalue weighted by Gasteiger charge is 2.45. The van der Waals surface area contributed by atoms with Crippen molar-refractivity contribution in [2.24, 2.45) is 17.7 Å². The fraction of sp³-hybridized carbons (Fsp3) is 1.00. The molecule has 0 bridgehead atoms. The summed E-state index contributed by atoms with van der Waals surface area (Å²) < 4.78 is 45.2. The van der Waals surface area contributed by atoms with E-state index in [4.69, 9.17) is 1.37 Å². The van der Waals surface area contributed by atoms with Gasteiger partial charge in [0.05, 0.1) is 5.92 Å². The molecule has 0 amide bonds. The molecule has 1 saturated carbocycles. The van der Waals surface area contributed by atoms with Gasteiger partial charge in [0.15, 0.2) is 0 Å². The van der Waals surface area contributed by atoms with E-state index in [1.54, 1.807) is 6.92 Å². The Morgan fingerprint density at radius 2 is 1.83 bits per heavy atom. The molecule has 0 nitrogen and oxygen atoms in total. The minimum absolute atomic E-state index is 0.119. The molecule has 72 valence electrons. The van der Waals surface area contributed by atoms with Crippen molar-refractivity contribution in [1.82, 2.24) is 0 Å². The summed E-state index contributed by atoms with van der Waals surface area (Å²) in [5, 5.41) is 0. The first kappa shape index (κ1) is 8.39. The van der Waals surface area contributed by atoms with E-state index in [9.17, 15) is 13.2 Å². The largest absolute Gasteiger partial charge is 0.392 e. The van der Waals surface area contributed by atoms with Crippen LogP contribution in [0.25, 0.3) is 0 Å². The maximum absolute atomic E-state index is 12.5. The highest BCUT2D eigenvalue weighted by Crippen LogP contribution is 2.43. The molecule has 0 heterocycles. The van der Waals surface area contributed by atoms with Crippen LogP contribution in [0, 0.1) is 17.7 Å². The summed E-state index contributed by atoms with van der Waals surface area (Å²) in [4.78, 5) is 0. The Bertz CT molecular complexity index is 186. The Labute approximate surface area is 72.6 Å². The van der Waals surface area contributed by atoms with Crippen LogP contribution in [0.15, 0.2) is 0 Å². The first-order chi connectivity index (χ1) is 5.76. The molecule has 1 aliphatic rings. The maximum atomic E-state index is 12.5. The van der Waals surface area contributed by atoms with E-state index >= 15 is 0 Å². The van der Waals surface area contributed by atoms with Crippen LogP contribution < -0.4 is 0 Å². The topological polar surface area (TPSA) is 0 Å². The number of alkyl halides is 3. The Balaban J connectivity index is 2.84. The summed E-state index contributed by atoms with van der Waals surface area (Å²) in [6.45, 7) is 3.15. The average Bonchev–Trinajstić information content (AvgIpc) is 1.92. The summed E-state index contributed by atoms with van der Waals surface area (Å²) in [6.07, 6.45) is -2.74. The van der Waals surface area contributed by atoms with Crippen LogP contribution in [0.5, 0.6) is 0 Å². The lowest BCUT2D eigenvalue weighted by Crippen LogP contribution is -2.35. The third kappa shape index (κ3) is 1.93. The van der Waals surface area contributed by atoms with E-state index in [0.717, 1.165) is 6.42 Å². The van der Waals surface area contributed by atoms with Crippen molar-refractivity contribution in [3.63, 3.8) is 0 Å². The van der Waals surface area contributed by atoms with Gasteiger partial charge in [-0.3, -0.25) is 0 Å². The standard InChI is InChI=1S/C9H15F3/c1-6-4-3-5-8(7(6)2)9(10,11)12/h6-8H,3-5H2,1-2H3/i7D. The molecule has 0 saturated heterocycles. The molecule has 0 aliphatic heterocycles. The van der Waals surface area contributed by atoms with Crippen molar-refractivity contribution in [2.75, 3.05) is 0 Å². The van der Waals surface area contributed by atoms with Gasteiger partial charge in [0, 0.05) is 1.37 Å². The van der Waals surface area contributed by atoms with E-state index in [2.05, 4.69) is 0 Å². The predicted molar refractivity (Wildman–Crippen MR) is 41.7 cm³/mol. The van der Waals surface area contributed by atoms with Gasteiger partial charge < -0.3 is 0 Å². The summed E-state index contributed by atoms with van der Waals surface area (Å²) in [5.74, 6) is -2.94. The molecule has 0 aromatic carbocycles. The van der Waals surface area contributed by atoms with Gasteiger partial charge in [-0.25, -0.2) is 0 Å². The van der Waals surface area contributed by atoms with Gasteiger partial charge in [-0.1, -0.05) is 26.7 Å². The van der Waals surface area contributed by atoms with Crippen molar-refractivity contribution in [1.29, 1.82) is 0 Å². The molecule has 0 N–H and O–H groups in total. The van der Waals surface area contributed by atoms with Crippen LogP contribution in [-0.2, 0) is 0 Å². The molecular formula is C9H15F3. The SMILES string of the molecule is [2H]C1(C)C(C)CCCC1C(F)(F)F. The minimum Gasteiger partial charge on any atom is -0.171 e. The fourth-order valence-corrected chi connectivity index (χ4v) is 1.85. The van der Waals surface area contributed by atoms with Crippen LogP contribution in [0.1, 0.15) is 34.5 Å². The molecule has 3 unspecified atom stereocenters. The van der Waals surface area contributed by atoms with Crippen LogP contribution in [0.4, 0.5) is 13.2 Å². The van der Waals surface area contributed by atoms with Crippen molar-refractivity contribution in [3.8, 4) is 0 Å². The van der Waals surface area contributed by atoms with E-state index in [-0.39, 0.29) is 12.3 Å². The first-order valence-corrected chi connectivity index (χ1v) is 4.33. The van der Waals surface area contributed by atoms with Crippen molar-refractivity contribution in [3.05, 3.63) is 0 Å². The average molecular weight is 181 g/mol. The van der Waals surface area contributed by atoms with Crippen LogP contribution in [0.3, 0.4) is 0 Å². The van der Waals surface area contributed by atoms with Crippen molar-refractivity contribution >= 4 is 0 Å². The molecular weight excluding hydrogens is 165 g/mol. The quantitative estimate of drug-likeness (QED) is 0.535. The Morgan fingerprint density at radius 1 is 1.25 bits per heavy atom. The third-order valence-corrected chi connectivity index (χ3v) is 2.85. The Kier molecular flexibility index (Phi) is 2.28. The minimum atomic E-state index is -4.20. The molecule has 0 aromatic heterocycles. The van der Waals surface area contributed by atoms with Gasteiger partial charge in [0.25, 0.3) is 0 Å². The zero-order valence-corrected chi connectivity index (χ0v) is 7.41. The molecule has 1 aliphatic carbocycles. The van der Waals surface area contributed by atoms with Crippen LogP contribution >= 0.6 is 0 Å². The lowest BCUT2D eigenvalue weighted by molar-refractivity contribution is -0.199. The van der Waals surface area contributed by atoms with Crippen molar-refractivity contribution < 1.29 is 14.5 Å². The monoisotopic (exact) mass is 181 g/mol. The number of hydrogen-bond donors (Lipinski definition) is 0. The second-order valence-corrected chi connectivity index (χ2v) is 3.67. The Hall–Kier alpha value is -0.210. The fourth-order valence-electron chi connectivity index (χ4n) is 1.85. The molecule has 0 radical (unpaired) electrons. The van der Waals surface area contributed by atoms with Crippen LogP contribution in [-0.4, -0.2) is 6.18 Å². The normalized spacial score (nSPS) is 45.6. The Morgan fingerprint density at radius 3 is 2.25 bits per heavy atom. The predicted octanol–water partition coefficient (Wildman–Crippen LogP) is 3.62. The molecule has 1 fully saturated rings. The molecule has 3 heteroatoms. The zero-order valence-electron chi connectivity index (χ0n) is 8.41. The van der Waals surface area contributed by atoms with E-state index in [1.165, 1.54) is 6.92 Å². The maximum Gasteiger partial charge on any atom is 0.392 e. The summed E-state index contributed by atoms with van der Waals surface area (Å²) in [6, 6.07) is 0. The zero-order chi connectivity index (χ0) is 10.3. The van der Waals surface area contributed by atoms with Gasteiger partial charge >= 0.3 is 6.18 Å². The second kappa shape index (κ2) is 3.27. The van der Waals surface area contributed by atoms with E-state index in [1.807, 2.05) is 0 Å². The first-order valence-electron chi connectivity index (χ1n) is 4.83. The second-order valence-electron chi connectivity index (χ2n) is 3.67. The lowest BCUT2D eigenvalue weighted by atomic mass is 9.73. The van der Waals surface area contributed by atoms with Crippen molar-refractivity contribution in [2.45, 2.75) is 39.3 Å². The molecule has 0 aromatic rings. The summed E-state index contributed by atoms with van der Waals surface area (Å²) in [7, 11) is 0. The number of halogens is 3. The lowest BCUT2D eigenvalue weighted by Gasteiger charge is -2.35. The summed E-state index contributed by atoms with van der Waals surface area (Å²) >= 11 is 0. The van der Waals surface area contributed by atoms with E-state index < -0.39 is 18.0 Å². The van der Waals surface area contributed by atoms with Gasteiger partial charge in [0.1, 0.15) is 0 Å². The molecule has 12 heavy (non-hydrogen) atoms. The third-order valence-electron chi connectivity index (χ3n) is 2.85. The molecule has 1 rings (SSSR count). The highest BCUT2D eigenvalue weighted by molar-refractivity contribution is 4.81. The number of rotatable bonds is 0. The summed E-state index contributed by atoms with van der Waals surface area (Å²) in [5.41, 5.74) is 0. The number of hydrogen-bond acceptors (Lipinski definition) is 0. The van der Waals surface area contributed by atoms with Gasteiger partial charge in [-0.05, 0) is 18.2 Å². The molecule has 3 atom stereocenters. The smallest absolute Gasteiger partial charge is 0.171 e. The highest BCUT2D eigenvalue weighted by atomic mass is 19.4. The molecule has 0 spiro atoms. The van der Waals surface area contributed by atoms with Crippen LogP contribution in [0.2, 0.25) is 0 Å². The van der Waals surface area contributed by atoms with Gasteiger partial charge in [-0.2, -0.15) is 13.2 Å².